The van der Waals surface area contributed by atoms with Crippen molar-refractivity contribution in [2.45, 2.75) is 19.3 Å². The molecule has 19 heavy (non-hydrogen) atoms. The number of fused-ring (bicyclic) bond motifs is 2. The van der Waals surface area contributed by atoms with Crippen LogP contribution in [0.5, 0.6) is 5.75 Å². The normalized spacial score (nSPS) is 25.8. The highest BCUT2D eigenvalue weighted by molar-refractivity contribution is 6.20. The zero-order chi connectivity index (χ0) is 13.6. The van der Waals surface area contributed by atoms with E-state index in [1.807, 2.05) is 0 Å². The molecule has 2 bridgehead atoms. The molecule has 1 aliphatic heterocycles. The largest absolute Gasteiger partial charge is 0.497 e. The lowest BCUT2D eigenvalue weighted by atomic mass is 9.96. The minimum absolute atomic E-state index is 0.0340. The number of carbonyl (C=O) groups excluding carboxylic acids is 2. The predicted molar refractivity (Wildman–Crippen MR) is 70.7 cm³/mol. The monoisotopic (exact) mass is 260 g/mol. The van der Waals surface area contributed by atoms with E-state index in [4.69, 9.17) is 10.5 Å². The second-order valence-electron chi connectivity index (χ2n) is 5.14. The summed E-state index contributed by atoms with van der Waals surface area (Å²) >= 11 is 0. The molecular formula is C14H16N2O3. The lowest BCUT2D eigenvalue weighted by Crippen LogP contribution is -2.46. The molecule has 2 amide bonds. The SMILES string of the molecule is COc1ccc(N)c(N2C(=O)C3CCC(C3)C2=O)c1. The van der Waals surface area contributed by atoms with E-state index in [1.54, 1.807) is 25.3 Å². The number of rotatable bonds is 2. The Labute approximate surface area is 111 Å². The summed E-state index contributed by atoms with van der Waals surface area (Å²) in [6.07, 6.45) is 2.29. The van der Waals surface area contributed by atoms with Gasteiger partial charge in [0.15, 0.2) is 0 Å². The average Bonchev–Trinajstić information content (AvgIpc) is 2.86. The van der Waals surface area contributed by atoms with Gasteiger partial charge in [-0.2, -0.15) is 0 Å². The summed E-state index contributed by atoms with van der Waals surface area (Å²) in [6.45, 7) is 0. The first-order chi connectivity index (χ1) is 9.11. The molecule has 1 aromatic carbocycles. The minimum Gasteiger partial charge on any atom is -0.497 e. The zero-order valence-electron chi connectivity index (χ0n) is 10.8. The first kappa shape index (κ1) is 12.0. The fourth-order valence-electron chi connectivity index (χ4n) is 2.99. The van der Waals surface area contributed by atoms with E-state index in [-0.39, 0.29) is 23.7 Å². The molecule has 1 saturated heterocycles. The van der Waals surface area contributed by atoms with Crippen LogP contribution in [0.15, 0.2) is 18.2 Å². The van der Waals surface area contributed by atoms with Crippen LogP contribution in [0.1, 0.15) is 19.3 Å². The quantitative estimate of drug-likeness (QED) is 0.647. The van der Waals surface area contributed by atoms with Crippen molar-refractivity contribution in [3.8, 4) is 5.75 Å². The predicted octanol–water partition coefficient (Wildman–Crippen LogP) is 1.57. The standard InChI is InChI=1S/C14H16N2O3/c1-19-10-4-5-11(15)12(7-10)16-13(17)8-2-3-9(6-8)14(16)18/h4-5,7-9H,2-3,6,15H2,1H3. The van der Waals surface area contributed by atoms with Gasteiger partial charge in [-0.15, -0.1) is 0 Å². The number of piperidine rings is 1. The van der Waals surface area contributed by atoms with Crippen LogP contribution in [-0.2, 0) is 9.59 Å². The van der Waals surface area contributed by atoms with E-state index >= 15 is 0 Å². The van der Waals surface area contributed by atoms with Crippen molar-refractivity contribution in [2.75, 3.05) is 17.7 Å². The molecule has 100 valence electrons. The molecule has 0 radical (unpaired) electrons. The second-order valence-corrected chi connectivity index (χ2v) is 5.14. The Morgan fingerprint density at radius 3 is 2.42 bits per heavy atom. The number of hydrogen-bond acceptors (Lipinski definition) is 4. The molecule has 1 aromatic rings. The van der Waals surface area contributed by atoms with Crippen molar-refractivity contribution in [1.82, 2.24) is 0 Å². The highest BCUT2D eigenvalue weighted by Crippen LogP contribution is 2.41. The molecule has 0 aromatic heterocycles. The smallest absolute Gasteiger partial charge is 0.236 e. The molecule has 2 aliphatic rings. The average molecular weight is 260 g/mol. The van der Waals surface area contributed by atoms with Crippen LogP contribution in [0, 0.1) is 11.8 Å². The van der Waals surface area contributed by atoms with Crippen molar-refractivity contribution in [1.29, 1.82) is 0 Å². The van der Waals surface area contributed by atoms with Crippen molar-refractivity contribution in [2.24, 2.45) is 11.8 Å². The third-order valence-corrected chi connectivity index (χ3v) is 4.05. The van der Waals surface area contributed by atoms with Gasteiger partial charge in [0.05, 0.1) is 18.5 Å². The summed E-state index contributed by atoms with van der Waals surface area (Å²) in [6, 6.07) is 5.02. The molecule has 1 heterocycles. The molecule has 1 saturated carbocycles. The summed E-state index contributed by atoms with van der Waals surface area (Å²) in [5.41, 5.74) is 6.78. The van der Waals surface area contributed by atoms with Crippen LogP contribution in [0.4, 0.5) is 11.4 Å². The van der Waals surface area contributed by atoms with E-state index in [2.05, 4.69) is 0 Å². The van der Waals surface area contributed by atoms with E-state index in [0.29, 0.717) is 23.5 Å². The number of nitrogens with zero attached hydrogens (tertiary/aromatic N) is 1. The van der Waals surface area contributed by atoms with E-state index in [0.717, 1.165) is 12.8 Å². The van der Waals surface area contributed by atoms with Crippen LogP contribution >= 0.6 is 0 Å². The fourth-order valence-corrected chi connectivity index (χ4v) is 2.99. The summed E-state index contributed by atoms with van der Waals surface area (Å²) in [5, 5.41) is 0. The van der Waals surface area contributed by atoms with Crippen LogP contribution in [0.3, 0.4) is 0 Å². The van der Waals surface area contributed by atoms with Crippen LogP contribution in [0.25, 0.3) is 0 Å². The summed E-state index contributed by atoms with van der Waals surface area (Å²) < 4.78 is 5.14. The number of benzene rings is 1. The third-order valence-electron chi connectivity index (χ3n) is 4.05. The van der Waals surface area contributed by atoms with Gasteiger partial charge < -0.3 is 10.5 Å². The summed E-state index contributed by atoms with van der Waals surface area (Å²) in [4.78, 5) is 26.0. The molecule has 2 unspecified atom stereocenters. The molecule has 5 heteroatoms. The maximum atomic E-state index is 12.4. The van der Waals surface area contributed by atoms with Gasteiger partial charge >= 0.3 is 0 Å². The van der Waals surface area contributed by atoms with Gasteiger partial charge in [0.25, 0.3) is 0 Å². The Kier molecular flexibility index (Phi) is 2.69. The van der Waals surface area contributed by atoms with Gasteiger partial charge in [0.1, 0.15) is 5.75 Å². The van der Waals surface area contributed by atoms with E-state index in [1.165, 1.54) is 4.90 Å². The topological polar surface area (TPSA) is 72.6 Å². The minimum atomic E-state index is -0.126. The maximum Gasteiger partial charge on any atom is 0.236 e. The van der Waals surface area contributed by atoms with E-state index < -0.39 is 0 Å². The number of anilines is 2. The van der Waals surface area contributed by atoms with Crippen LogP contribution in [0.2, 0.25) is 0 Å². The Balaban J connectivity index is 2.05. The molecule has 5 nitrogen and oxygen atoms in total. The summed E-state index contributed by atoms with van der Waals surface area (Å²) in [7, 11) is 1.54. The van der Waals surface area contributed by atoms with Gasteiger partial charge in [-0.05, 0) is 31.4 Å². The molecule has 3 rings (SSSR count). The lowest BCUT2D eigenvalue weighted by molar-refractivity contribution is -0.132. The maximum absolute atomic E-state index is 12.4. The second kappa shape index (κ2) is 4.26. The number of nitrogens with two attached hydrogens (primary N) is 1. The van der Waals surface area contributed by atoms with Gasteiger partial charge in [0, 0.05) is 17.9 Å². The number of amides is 2. The fraction of sp³-hybridized carbons (Fsp3) is 0.429. The summed E-state index contributed by atoms with van der Waals surface area (Å²) in [5.74, 6) is 0.265. The van der Waals surface area contributed by atoms with Gasteiger partial charge in [-0.3, -0.25) is 9.59 Å². The molecular weight excluding hydrogens is 244 g/mol. The Hall–Kier alpha value is -2.04. The lowest BCUT2D eigenvalue weighted by Gasteiger charge is -2.30. The first-order valence-electron chi connectivity index (χ1n) is 6.43. The Morgan fingerprint density at radius 1 is 1.21 bits per heavy atom. The van der Waals surface area contributed by atoms with Gasteiger partial charge in [-0.1, -0.05) is 0 Å². The molecule has 0 spiro atoms. The molecule has 2 N–H and O–H groups in total. The van der Waals surface area contributed by atoms with Crippen LogP contribution < -0.4 is 15.4 Å². The number of hydrogen-bond donors (Lipinski definition) is 1. The number of carbonyl (C=O) groups is 2. The highest BCUT2D eigenvalue weighted by Gasteiger charge is 2.46. The molecule has 1 aliphatic carbocycles. The first-order valence-corrected chi connectivity index (χ1v) is 6.43. The number of imide groups is 1. The number of ether oxygens (including phenoxy) is 1. The Bertz CT molecular complexity index is 534. The molecule has 2 fully saturated rings. The van der Waals surface area contributed by atoms with Crippen molar-refractivity contribution in [3.05, 3.63) is 18.2 Å². The number of methoxy groups -OCH3 is 1. The van der Waals surface area contributed by atoms with Crippen molar-refractivity contribution >= 4 is 23.2 Å². The van der Waals surface area contributed by atoms with Gasteiger partial charge in [-0.25, -0.2) is 4.90 Å². The van der Waals surface area contributed by atoms with Crippen molar-refractivity contribution in [3.63, 3.8) is 0 Å². The Morgan fingerprint density at radius 2 is 1.84 bits per heavy atom. The molecule has 2 atom stereocenters. The van der Waals surface area contributed by atoms with Gasteiger partial charge in [0.2, 0.25) is 11.8 Å². The van der Waals surface area contributed by atoms with Crippen molar-refractivity contribution < 1.29 is 14.3 Å². The highest BCUT2D eigenvalue weighted by atomic mass is 16.5. The number of nitrogen functional groups attached to an aromatic ring is 1. The van der Waals surface area contributed by atoms with Crippen LogP contribution in [-0.4, -0.2) is 18.9 Å². The third kappa shape index (κ3) is 1.77. The zero-order valence-corrected chi connectivity index (χ0v) is 10.8. The van der Waals surface area contributed by atoms with E-state index in [9.17, 15) is 9.59 Å².